The topological polar surface area (TPSA) is 69.0 Å². The number of hydrogen-bond donors (Lipinski definition) is 1. The third-order valence-corrected chi connectivity index (χ3v) is 3.76. The van der Waals surface area contributed by atoms with Crippen molar-refractivity contribution in [3.8, 4) is 5.75 Å². The number of ether oxygens (including phenoxy) is 1. The SMILES string of the molecule is Cc1cc(C)nc(NC(=O)c2ccn(COc3ccc(F)c(Cl)c3)n2)c1. The smallest absolute Gasteiger partial charge is 0.277 e. The van der Waals surface area contributed by atoms with E-state index in [4.69, 9.17) is 16.3 Å². The minimum absolute atomic E-state index is 0.0241. The minimum atomic E-state index is -0.517. The van der Waals surface area contributed by atoms with Crippen LogP contribution in [0.4, 0.5) is 10.2 Å². The molecule has 2 heterocycles. The number of amides is 1. The highest BCUT2D eigenvalue weighted by molar-refractivity contribution is 6.30. The van der Waals surface area contributed by atoms with Crippen LogP contribution in [-0.4, -0.2) is 20.7 Å². The molecule has 134 valence electrons. The molecule has 1 amide bonds. The highest BCUT2D eigenvalue weighted by atomic mass is 35.5. The summed E-state index contributed by atoms with van der Waals surface area (Å²) in [5, 5.41) is 6.84. The van der Waals surface area contributed by atoms with E-state index in [1.807, 2.05) is 19.9 Å². The summed E-state index contributed by atoms with van der Waals surface area (Å²) in [6, 6.07) is 9.33. The molecule has 0 saturated carbocycles. The van der Waals surface area contributed by atoms with Crippen LogP contribution in [0.25, 0.3) is 0 Å². The van der Waals surface area contributed by atoms with Gasteiger partial charge in [0.15, 0.2) is 12.4 Å². The van der Waals surface area contributed by atoms with E-state index in [9.17, 15) is 9.18 Å². The zero-order valence-electron chi connectivity index (χ0n) is 14.2. The Morgan fingerprint density at radius 3 is 2.81 bits per heavy atom. The van der Waals surface area contributed by atoms with Crippen molar-refractivity contribution < 1.29 is 13.9 Å². The largest absolute Gasteiger partial charge is 0.471 e. The fraction of sp³-hybridized carbons (Fsp3) is 0.167. The number of rotatable bonds is 5. The van der Waals surface area contributed by atoms with Gasteiger partial charge in [-0.2, -0.15) is 5.10 Å². The molecule has 0 bridgehead atoms. The molecule has 26 heavy (non-hydrogen) atoms. The summed E-state index contributed by atoms with van der Waals surface area (Å²) in [6.07, 6.45) is 1.61. The summed E-state index contributed by atoms with van der Waals surface area (Å²) in [5.41, 5.74) is 2.05. The van der Waals surface area contributed by atoms with Crippen molar-refractivity contribution in [3.05, 3.63) is 70.4 Å². The highest BCUT2D eigenvalue weighted by Crippen LogP contribution is 2.21. The fourth-order valence-corrected chi connectivity index (χ4v) is 2.52. The van der Waals surface area contributed by atoms with E-state index in [0.717, 1.165) is 11.3 Å². The standard InChI is InChI=1S/C18H16ClFN4O2/c1-11-7-12(2)21-17(8-11)22-18(25)16-5-6-24(23-16)10-26-13-3-4-15(20)14(19)9-13/h3-9H,10H2,1-2H3,(H,21,22,25). The number of anilines is 1. The Labute approximate surface area is 154 Å². The van der Waals surface area contributed by atoms with Gasteiger partial charge < -0.3 is 10.1 Å². The molecule has 0 atom stereocenters. The first kappa shape index (κ1) is 17.9. The molecule has 0 spiro atoms. The number of nitrogens with zero attached hydrogens (tertiary/aromatic N) is 3. The Bertz CT molecular complexity index is 938. The van der Waals surface area contributed by atoms with Crippen LogP contribution in [0, 0.1) is 19.7 Å². The molecule has 0 radical (unpaired) electrons. The third-order valence-electron chi connectivity index (χ3n) is 3.47. The number of hydrogen-bond acceptors (Lipinski definition) is 4. The van der Waals surface area contributed by atoms with E-state index in [-0.39, 0.29) is 23.4 Å². The predicted molar refractivity (Wildman–Crippen MR) is 95.9 cm³/mol. The molecule has 0 unspecified atom stereocenters. The molecule has 1 N–H and O–H groups in total. The van der Waals surface area contributed by atoms with Gasteiger partial charge in [0.25, 0.3) is 5.91 Å². The molecular weight excluding hydrogens is 359 g/mol. The molecule has 0 aliphatic rings. The first-order valence-corrected chi connectivity index (χ1v) is 8.16. The highest BCUT2D eigenvalue weighted by Gasteiger charge is 2.11. The summed E-state index contributed by atoms with van der Waals surface area (Å²) < 4.78 is 20.0. The summed E-state index contributed by atoms with van der Waals surface area (Å²) in [7, 11) is 0. The summed E-state index contributed by atoms with van der Waals surface area (Å²) in [6.45, 7) is 3.84. The Balaban J connectivity index is 1.63. The zero-order valence-corrected chi connectivity index (χ0v) is 14.9. The second-order valence-corrected chi connectivity index (χ2v) is 6.12. The quantitative estimate of drug-likeness (QED) is 0.733. The number of carbonyl (C=O) groups is 1. The number of carbonyl (C=O) groups excluding carboxylic acids is 1. The first-order valence-electron chi connectivity index (χ1n) is 7.78. The molecular formula is C18H16ClFN4O2. The van der Waals surface area contributed by atoms with Crippen LogP contribution < -0.4 is 10.1 Å². The van der Waals surface area contributed by atoms with Gasteiger partial charge >= 0.3 is 0 Å². The maximum atomic E-state index is 13.1. The van der Waals surface area contributed by atoms with E-state index in [0.29, 0.717) is 11.6 Å². The normalized spacial score (nSPS) is 10.6. The number of aromatic nitrogens is 3. The van der Waals surface area contributed by atoms with Gasteiger partial charge in [0, 0.05) is 18.0 Å². The van der Waals surface area contributed by atoms with Gasteiger partial charge in [-0.3, -0.25) is 4.79 Å². The Morgan fingerprint density at radius 2 is 2.08 bits per heavy atom. The van der Waals surface area contributed by atoms with Gasteiger partial charge in [-0.15, -0.1) is 0 Å². The number of benzene rings is 1. The van der Waals surface area contributed by atoms with Crippen LogP contribution in [0.15, 0.2) is 42.6 Å². The van der Waals surface area contributed by atoms with Gasteiger partial charge in [-0.1, -0.05) is 11.6 Å². The number of nitrogens with one attached hydrogen (secondary N) is 1. The minimum Gasteiger partial charge on any atom is -0.471 e. The van der Waals surface area contributed by atoms with E-state index < -0.39 is 5.82 Å². The Kier molecular flexibility index (Phi) is 5.18. The van der Waals surface area contributed by atoms with Gasteiger partial charge in [0.05, 0.1) is 5.02 Å². The number of halogens is 2. The van der Waals surface area contributed by atoms with Crippen molar-refractivity contribution in [1.82, 2.24) is 14.8 Å². The zero-order chi connectivity index (χ0) is 18.7. The number of pyridine rings is 1. The van der Waals surface area contributed by atoms with Crippen LogP contribution in [0.5, 0.6) is 5.75 Å². The van der Waals surface area contributed by atoms with Crippen molar-refractivity contribution in [1.29, 1.82) is 0 Å². The van der Waals surface area contributed by atoms with E-state index >= 15 is 0 Å². The van der Waals surface area contributed by atoms with Crippen molar-refractivity contribution in [2.45, 2.75) is 20.6 Å². The fourth-order valence-electron chi connectivity index (χ4n) is 2.35. The van der Waals surface area contributed by atoms with Crippen LogP contribution in [0.2, 0.25) is 5.02 Å². The monoisotopic (exact) mass is 374 g/mol. The van der Waals surface area contributed by atoms with E-state index in [2.05, 4.69) is 15.4 Å². The van der Waals surface area contributed by atoms with Crippen LogP contribution in [0.3, 0.4) is 0 Å². The summed E-state index contributed by atoms with van der Waals surface area (Å²) in [4.78, 5) is 16.5. The molecule has 8 heteroatoms. The van der Waals surface area contributed by atoms with Gasteiger partial charge in [-0.25, -0.2) is 14.1 Å². The summed E-state index contributed by atoms with van der Waals surface area (Å²) >= 11 is 5.70. The van der Waals surface area contributed by atoms with E-state index in [1.165, 1.54) is 22.9 Å². The maximum Gasteiger partial charge on any atom is 0.277 e. The molecule has 2 aromatic heterocycles. The molecule has 0 aliphatic heterocycles. The molecule has 6 nitrogen and oxygen atoms in total. The van der Waals surface area contributed by atoms with Crippen molar-refractivity contribution in [2.75, 3.05) is 5.32 Å². The van der Waals surface area contributed by atoms with Crippen molar-refractivity contribution in [3.63, 3.8) is 0 Å². The van der Waals surface area contributed by atoms with Crippen LogP contribution in [-0.2, 0) is 6.73 Å². The third kappa shape index (κ3) is 4.37. The van der Waals surface area contributed by atoms with Crippen molar-refractivity contribution in [2.24, 2.45) is 0 Å². The Hall–Kier alpha value is -2.93. The second-order valence-electron chi connectivity index (χ2n) is 5.72. The second kappa shape index (κ2) is 7.53. The van der Waals surface area contributed by atoms with Gasteiger partial charge in [0.1, 0.15) is 17.4 Å². The lowest BCUT2D eigenvalue weighted by Crippen LogP contribution is -2.15. The lowest BCUT2D eigenvalue weighted by atomic mass is 10.2. The molecule has 3 aromatic rings. The maximum absolute atomic E-state index is 13.1. The first-order chi connectivity index (χ1) is 12.4. The van der Waals surface area contributed by atoms with Crippen LogP contribution in [0.1, 0.15) is 21.7 Å². The van der Waals surface area contributed by atoms with E-state index in [1.54, 1.807) is 18.3 Å². The Morgan fingerprint density at radius 1 is 1.27 bits per heavy atom. The number of aryl methyl sites for hydroxylation is 2. The average Bonchev–Trinajstić information content (AvgIpc) is 3.04. The lowest BCUT2D eigenvalue weighted by Gasteiger charge is -2.07. The van der Waals surface area contributed by atoms with Crippen LogP contribution >= 0.6 is 11.6 Å². The average molecular weight is 375 g/mol. The molecule has 1 aromatic carbocycles. The predicted octanol–water partition coefficient (Wildman–Crippen LogP) is 3.98. The molecule has 0 fully saturated rings. The molecule has 3 rings (SSSR count). The van der Waals surface area contributed by atoms with Gasteiger partial charge in [0.2, 0.25) is 0 Å². The van der Waals surface area contributed by atoms with Gasteiger partial charge in [-0.05, 0) is 49.7 Å². The summed E-state index contributed by atoms with van der Waals surface area (Å²) in [5.74, 6) is -0.0141. The van der Waals surface area contributed by atoms with Crippen molar-refractivity contribution >= 4 is 23.3 Å². The molecule has 0 saturated heterocycles. The molecule has 0 aliphatic carbocycles. The lowest BCUT2D eigenvalue weighted by molar-refractivity contribution is 0.102.